The molecule has 0 aromatic carbocycles. The first-order chi connectivity index (χ1) is 10.1. The van der Waals surface area contributed by atoms with E-state index in [4.69, 9.17) is 10.8 Å². The fraction of sp³-hybridized carbons (Fsp3) is 0.733. The second kappa shape index (κ2) is 7.04. The molecule has 6 nitrogen and oxygen atoms in total. The number of nitrogens with one attached hydrogen (secondary N) is 1. The van der Waals surface area contributed by atoms with Crippen LogP contribution in [-0.4, -0.2) is 48.1 Å². The van der Waals surface area contributed by atoms with Crippen molar-refractivity contribution in [2.45, 2.75) is 45.6 Å². The lowest BCUT2D eigenvalue weighted by atomic mass is 10.0. The third kappa shape index (κ3) is 3.63. The van der Waals surface area contributed by atoms with E-state index in [1.807, 2.05) is 6.92 Å². The molecule has 0 bridgehead atoms. The maximum atomic E-state index is 5.62. The van der Waals surface area contributed by atoms with Crippen molar-refractivity contribution in [3.8, 4) is 0 Å². The summed E-state index contributed by atoms with van der Waals surface area (Å²) in [5.41, 5.74) is 3.74. The lowest BCUT2D eigenvalue weighted by molar-refractivity contribution is 0.252. The molecular weight excluding hydrogens is 264 g/mol. The van der Waals surface area contributed by atoms with E-state index in [1.165, 1.54) is 12.8 Å². The summed E-state index contributed by atoms with van der Waals surface area (Å²) in [6.07, 6.45) is 4.25. The molecule has 1 aromatic rings. The minimum Gasteiger partial charge on any atom is -0.356 e. The molecule has 0 unspecified atom stereocenters. The van der Waals surface area contributed by atoms with Gasteiger partial charge in [-0.05, 0) is 46.3 Å². The molecule has 0 amide bonds. The molecule has 1 aliphatic rings. The Morgan fingerprint density at radius 3 is 2.57 bits per heavy atom. The number of hydrogen-bond acceptors (Lipinski definition) is 6. The molecule has 1 aliphatic heterocycles. The summed E-state index contributed by atoms with van der Waals surface area (Å²) in [4.78, 5) is 14.0. The van der Waals surface area contributed by atoms with Gasteiger partial charge in [-0.25, -0.2) is 15.8 Å². The van der Waals surface area contributed by atoms with Gasteiger partial charge in [-0.1, -0.05) is 6.92 Å². The molecule has 1 saturated heterocycles. The normalized spacial score (nSPS) is 17.0. The molecule has 0 radical (unpaired) electrons. The summed E-state index contributed by atoms with van der Waals surface area (Å²) >= 11 is 0. The zero-order chi connectivity index (χ0) is 15.4. The molecule has 1 aromatic heterocycles. The van der Waals surface area contributed by atoms with Crippen molar-refractivity contribution in [1.29, 1.82) is 0 Å². The average molecular weight is 292 g/mol. The average Bonchev–Trinajstić information content (AvgIpc) is 2.49. The Morgan fingerprint density at radius 2 is 2.00 bits per heavy atom. The van der Waals surface area contributed by atoms with Gasteiger partial charge in [0.25, 0.3) is 0 Å². The molecular formula is C15H28N6. The minimum atomic E-state index is 0.537. The Morgan fingerprint density at radius 1 is 1.33 bits per heavy atom. The van der Waals surface area contributed by atoms with Crippen LogP contribution in [0.3, 0.4) is 0 Å². The largest absolute Gasteiger partial charge is 0.356 e. The van der Waals surface area contributed by atoms with Crippen LogP contribution in [0.5, 0.6) is 0 Å². The lowest BCUT2D eigenvalue weighted by Gasteiger charge is -2.36. The number of hydrogen-bond donors (Lipinski definition) is 2. The molecule has 118 valence electrons. The highest BCUT2D eigenvalue weighted by molar-refractivity contribution is 5.58. The monoisotopic (exact) mass is 292 g/mol. The van der Waals surface area contributed by atoms with Crippen molar-refractivity contribution in [2.75, 3.05) is 37.5 Å². The fourth-order valence-corrected chi connectivity index (χ4v) is 2.92. The number of nitrogens with zero attached hydrogens (tertiary/aromatic N) is 4. The van der Waals surface area contributed by atoms with E-state index in [2.05, 4.69) is 41.2 Å². The Labute approximate surface area is 127 Å². The number of aromatic nitrogens is 2. The SMILES string of the molecule is CCCc1nc(NN)c(C)c(N(C)C2CCN(C)CC2)n1. The van der Waals surface area contributed by atoms with Crippen LogP contribution in [0.2, 0.25) is 0 Å². The Kier molecular flexibility index (Phi) is 5.36. The van der Waals surface area contributed by atoms with Crippen molar-refractivity contribution in [3.05, 3.63) is 11.4 Å². The van der Waals surface area contributed by atoms with E-state index in [9.17, 15) is 0 Å². The zero-order valence-corrected chi connectivity index (χ0v) is 13.7. The molecule has 21 heavy (non-hydrogen) atoms. The van der Waals surface area contributed by atoms with E-state index < -0.39 is 0 Å². The van der Waals surface area contributed by atoms with Crippen LogP contribution in [0.15, 0.2) is 0 Å². The van der Waals surface area contributed by atoms with Crippen molar-refractivity contribution in [3.63, 3.8) is 0 Å². The minimum absolute atomic E-state index is 0.537. The molecule has 0 atom stereocenters. The summed E-state index contributed by atoms with van der Waals surface area (Å²) in [6, 6.07) is 0.537. The van der Waals surface area contributed by atoms with Gasteiger partial charge in [0.15, 0.2) is 0 Å². The molecule has 3 N–H and O–H groups in total. The number of likely N-dealkylation sites (tertiary alicyclic amines) is 1. The second-order valence-electron chi connectivity index (χ2n) is 5.98. The number of nitrogen functional groups attached to an aromatic ring is 1. The van der Waals surface area contributed by atoms with Crippen molar-refractivity contribution in [1.82, 2.24) is 14.9 Å². The first-order valence-corrected chi connectivity index (χ1v) is 7.82. The smallest absolute Gasteiger partial charge is 0.148 e. The highest BCUT2D eigenvalue weighted by atomic mass is 15.3. The number of anilines is 2. The first-order valence-electron chi connectivity index (χ1n) is 7.82. The van der Waals surface area contributed by atoms with Crippen molar-refractivity contribution in [2.24, 2.45) is 5.84 Å². The van der Waals surface area contributed by atoms with Crippen LogP contribution in [0.25, 0.3) is 0 Å². The van der Waals surface area contributed by atoms with Crippen molar-refractivity contribution >= 4 is 11.6 Å². The summed E-state index contributed by atoms with van der Waals surface area (Å²) in [5, 5.41) is 0. The van der Waals surface area contributed by atoms with E-state index in [0.29, 0.717) is 6.04 Å². The summed E-state index contributed by atoms with van der Waals surface area (Å²) in [5.74, 6) is 8.23. The van der Waals surface area contributed by atoms with Gasteiger partial charge in [0.1, 0.15) is 17.5 Å². The molecule has 0 spiro atoms. The highest BCUT2D eigenvalue weighted by Gasteiger charge is 2.24. The topological polar surface area (TPSA) is 70.3 Å². The zero-order valence-electron chi connectivity index (χ0n) is 13.7. The van der Waals surface area contributed by atoms with Gasteiger partial charge in [-0.15, -0.1) is 0 Å². The third-order valence-electron chi connectivity index (χ3n) is 4.35. The van der Waals surface area contributed by atoms with Gasteiger partial charge in [0, 0.05) is 25.1 Å². The van der Waals surface area contributed by atoms with Gasteiger partial charge < -0.3 is 15.2 Å². The number of rotatable bonds is 5. The predicted molar refractivity (Wildman–Crippen MR) is 87.5 cm³/mol. The van der Waals surface area contributed by atoms with Gasteiger partial charge in [-0.3, -0.25) is 0 Å². The maximum absolute atomic E-state index is 5.62. The number of nitrogens with two attached hydrogens (primary N) is 1. The quantitative estimate of drug-likeness (QED) is 0.634. The molecule has 2 rings (SSSR count). The van der Waals surface area contributed by atoms with E-state index in [-0.39, 0.29) is 0 Å². The van der Waals surface area contributed by atoms with E-state index >= 15 is 0 Å². The molecule has 0 saturated carbocycles. The predicted octanol–water partition coefficient (Wildman–Crippen LogP) is 1.55. The van der Waals surface area contributed by atoms with Gasteiger partial charge in [0.05, 0.1) is 0 Å². The Bertz CT molecular complexity index is 467. The molecule has 0 aliphatic carbocycles. The highest BCUT2D eigenvalue weighted by Crippen LogP contribution is 2.27. The molecule has 6 heteroatoms. The number of aryl methyl sites for hydroxylation is 1. The van der Waals surface area contributed by atoms with Crippen LogP contribution in [0.1, 0.15) is 37.6 Å². The van der Waals surface area contributed by atoms with E-state index in [1.54, 1.807) is 0 Å². The first kappa shape index (κ1) is 16.0. The third-order valence-corrected chi connectivity index (χ3v) is 4.35. The van der Waals surface area contributed by atoms with Crippen LogP contribution < -0.4 is 16.2 Å². The fourth-order valence-electron chi connectivity index (χ4n) is 2.92. The second-order valence-corrected chi connectivity index (χ2v) is 5.98. The van der Waals surface area contributed by atoms with Crippen LogP contribution in [0.4, 0.5) is 11.6 Å². The van der Waals surface area contributed by atoms with E-state index in [0.717, 1.165) is 49.0 Å². The Hall–Kier alpha value is -1.40. The lowest BCUT2D eigenvalue weighted by Crippen LogP contribution is -2.42. The summed E-state index contributed by atoms with van der Waals surface area (Å²) in [6.45, 7) is 6.46. The van der Waals surface area contributed by atoms with Gasteiger partial charge in [-0.2, -0.15) is 0 Å². The van der Waals surface area contributed by atoms with Crippen LogP contribution in [-0.2, 0) is 6.42 Å². The van der Waals surface area contributed by atoms with Gasteiger partial charge >= 0.3 is 0 Å². The van der Waals surface area contributed by atoms with Crippen molar-refractivity contribution < 1.29 is 0 Å². The maximum Gasteiger partial charge on any atom is 0.148 e. The standard InChI is InChI=1S/C15H28N6/c1-5-6-13-17-14(19-16)11(2)15(18-13)21(4)12-7-9-20(3)10-8-12/h12H,5-10,16H2,1-4H3,(H,17,18,19). The summed E-state index contributed by atoms with van der Waals surface area (Å²) in [7, 11) is 4.32. The van der Waals surface area contributed by atoms with Crippen LogP contribution in [0, 0.1) is 6.92 Å². The van der Waals surface area contributed by atoms with Crippen LogP contribution >= 0.6 is 0 Å². The number of hydrazine groups is 1. The molecule has 1 fully saturated rings. The molecule has 2 heterocycles. The number of piperidine rings is 1. The Balaban J connectivity index is 2.26. The summed E-state index contributed by atoms with van der Waals surface area (Å²) < 4.78 is 0. The van der Waals surface area contributed by atoms with Gasteiger partial charge in [0.2, 0.25) is 0 Å².